The standard InChI is InChI=1S/C16H21N5O.2ClH/c1-20(10-12-4-3-5-17-6-12)16(22)15-9-18-8-14(15)13-7-19-21(2)11-13;;/h3-7,11,14-15,18H,8-10H2,1-2H3;2*1H/t14-,15+;;/m1../s1. The first-order valence-corrected chi connectivity index (χ1v) is 7.48. The molecule has 2 aromatic rings. The van der Waals surface area contributed by atoms with Crippen molar-refractivity contribution in [2.45, 2.75) is 12.5 Å². The van der Waals surface area contributed by atoms with Gasteiger partial charge in [0.1, 0.15) is 0 Å². The molecule has 1 aliphatic heterocycles. The summed E-state index contributed by atoms with van der Waals surface area (Å²) in [5.74, 6) is 0.325. The van der Waals surface area contributed by atoms with E-state index in [2.05, 4.69) is 15.4 Å². The minimum absolute atomic E-state index is 0. The summed E-state index contributed by atoms with van der Waals surface area (Å²) in [5.41, 5.74) is 2.17. The second-order valence-corrected chi connectivity index (χ2v) is 5.87. The number of hydrogen-bond acceptors (Lipinski definition) is 4. The third kappa shape index (κ3) is 4.47. The lowest BCUT2D eigenvalue weighted by Crippen LogP contribution is -2.35. The number of aromatic nitrogens is 3. The Morgan fingerprint density at radius 1 is 1.38 bits per heavy atom. The molecule has 2 aromatic heterocycles. The molecule has 8 heteroatoms. The molecule has 1 saturated heterocycles. The van der Waals surface area contributed by atoms with Gasteiger partial charge in [-0.05, 0) is 17.2 Å². The Bertz CT molecular complexity index is 649. The molecule has 2 atom stereocenters. The van der Waals surface area contributed by atoms with Crippen molar-refractivity contribution in [1.82, 2.24) is 25.0 Å². The highest BCUT2D eigenvalue weighted by atomic mass is 35.5. The minimum atomic E-state index is -0.0362. The van der Waals surface area contributed by atoms with Crippen LogP contribution in [0.4, 0.5) is 0 Å². The molecule has 0 unspecified atom stereocenters. The summed E-state index contributed by atoms with van der Waals surface area (Å²) in [5, 5.41) is 7.56. The lowest BCUT2D eigenvalue weighted by molar-refractivity contribution is -0.134. The maximum atomic E-state index is 12.8. The normalized spacial score (nSPS) is 19.2. The molecule has 1 aliphatic rings. The van der Waals surface area contributed by atoms with Crippen molar-refractivity contribution in [3.8, 4) is 0 Å². The number of aryl methyl sites for hydroxylation is 1. The van der Waals surface area contributed by atoms with E-state index in [0.29, 0.717) is 6.54 Å². The fourth-order valence-corrected chi connectivity index (χ4v) is 3.05. The zero-order chi connectivity index (χ0) is 15.5. The first-order valence-electron chi connectivity index (χ1n) is 7.48. The molecular weight excluding hydrogens is 349 g/mol. The highest BCUT2D eigenvalue weighted by Gasteiger charge is 2.36. The number of rotatable bonds is 4. The van der Waals surface area contributed by atoms with Crippen LogP contribution in [-0.2, 0) is 18.4 Å². The molecule has 0 saturated carbocycles. The van der Waals surface area contributed by atoms with Gasteiger partial charge in [-0.15, -0.1) is 24.8 Å². The van der Waals surface area contributed by atoms with Crippen molar-refractivity contribution in [2.24, 2.45) is 13.0 Å². The van der Waals surface area contributed by atoms with Gasteiger partial charge >= 0.3 is 0 Å². The van der Waals surface area contributed by atoms with Gasteiger partial charge < -0.3 is 10.2 Å². The second kappa shape index (κ2) is 9.01. The topological polar surface area (TPSA) is 63.1 Å². The van der Waals surface area contributed by atoms with E-state index in [0.717, 1.165) is 24.2 Å². The Kier molecular flexibility index (Phi) is 7.66. The van der Waals surface area contributed by atoms with Crippen molar-refractivity contribution in [1.29, 1.82) is 0 Å². The molecule has 1 N–H and O–H groups in total. The molecule has 6 nitrogen and oxygen atoms in total. The maximum absolute atomic E-state index is 12.8. The van der Waals surface area contributed by atoms with Gasteiger partial charge in [0.15, 0.2) is 0 Å². The Balaban J connectivity index is 0.00000144. The Hall–Kier alpha value is -1.63. The zero-order valence-electron chi connectivity index (χ0n) is 13.8. The van der Waals surface area contributed by atoms with E-state index in [9.17, 15) is 4.79 Å². The van der Waals surface area contributed by atoms with Crippen LogP contribution in [0.1, 0.15) is 17.0 Å². The maximum Gasteiger partial charge on any atom is 0.227 e. The van der Waals surface area contributed by atoms with E-state index in [1.807, 2.05) is 38.6 Å². The summed E-state index contributed by atoms with van der Waals surface area (Å²) in [6.45, 7) is 2.13. The fraction of sp³-hybridized carbons (Fsp3) is 0.438. The van der Waals surface area contributed by atoms with Gasteiger partial charge in [-0.2, -0.15) is 5.10 Å². The van der Waals surface area contributed by atoms with E-state index in [1.165, 1.54) is 0 Å². The summed E-state index contributed by atoms with van der Waals surface area (Å²) >= 11 is 0. The highest BCUT2D eigenvalue weighted by molar-refractivity contribution is 5.85. The first-order chi connectivity index (χ1) is 10.6. The van der Waals surface area contributed by atoms with Crippen LogP contribution in [0, 0.1) is 5.92 Å². The summed E-state index contributed by atoms with van der Waals surface area (Å²) in [6.07, 6.45) is 7.40. The summed E-state index contributed by atoms with van der Waals surface area (Å²) in [4.78, 5) is 18.7. The van der Waals surface area contributed by atoms with Crippen molar-refractivity contribution in [3.05, 3.63) is 48.0 Å². The number of pyridine rings is 1. The van der Waals surface area contributed by atoms with E-state index >= 15 is 0 Å². The number of hydrogen-bond donors (Lipinski definition) is 1. The average Bonchev–Trinajstić information content (AvgIpc) is 3.15. The van der Waals surface area contributed by atoms with Crippen LogP contribution in [0.2, 0.25) is 0 Å². The lowest BCUT2D eigenvalue weighted by Gasteiger charge is -2.24. The molecule has 132 valence electrons. The lowest BCUT2D eigenvalue weighted by atomic mass is 9.90. The van der Waals surface area contributed by atoms with E-state index < -0.39 is 0 Å². The third-order valence-electron chi connectivity index (χ3n) is 4.20. The van der Waals surface area contributed by atoms with Crippen LogP contribution in [0.5, 0.6) is 0 Å². The predicted molar refractivity (Wildman–Crippen MR) is 97.5 cm³/mol. The Morgan fingerprint density at radius 2 is 2.17 bits per heavy atom. The number of carbonyl (C=O) groups is 1. The highest BCUT2D eigenvalue weighted by Crippen LogP contribution is 2.29. The van der Waals surface area contributed by atoms with Gasteiger partial charge in [0.2, 0.25) is 5.91 Å². The number of carbonyl (C=O) groups excluding carboxylic acids is 1. The van der Waals surface area contributed by atoms with Crippen molar-refractivity contribution >= 4 is 30.7 Å². The van der Waals surface area contributed by atoms with Crippen LogP contribution in [0.3, 0.4) is 0 Å². The molecule has 0 bridgehead atoms. The number of amides is 1. The van der Waals surface area contributed by atoms with E-state index in [4.69, 9.17) is 0 Å². The van der Waals surface area contributed by atoms with Gasteiger partial charge in [0.25, 0.3) is 0 Å². The molecule has 3 rings (SSSR count). The Morgan fingerprint density at radius 3 is 2.79 bits per heavy atom. The molecule has 1 amide bonds. The van der Waals surface area contributed by atoms with Crippen LogP contribution in [-0.4, -0.2) is 45.7 Å². The van der Waals surface area contributed by atoms with Gasteiger partial charge in [0, 0.05) is 58.2 Å². The third-order valence-corrected chi connectivity index (χ3v) is 4.20. The smallest absolute Gasteiger partial charge is 0.227 e. The van der Waals surface area contributed by atoms with Crippen molar-refractivity contribution in [2.75, 3.05) is 20.1 Å². The summed E-state index contributed by atoms with van der Waals surface area (Å²) in [7, 11) is 3.76. The van der Waals surface area contributed by atoms with E-state index in [-0.39, 0.29) is 42.6 Å². The molecule has 3 heterocycles. The summed E-state index contributed by atoms with van der Waals surface area (Å²) < 4.78 is 1.79. The largest absolute Gasteiger partial charge is 0.341 e. The zero-order valence-corrected chi connectivity index (χ0v) is 15.4. The Labute approximate surface area is 154 Å². The number of nitrogens with zero attached hydrogens (tertiary/aromatic N) is 4. The molecule has 0 aliphatic carbocycles. The first kappa shape index (κ1) is 20.4. The van der Waals surface area contributed by atoms with Crippen LogP contribution < -0.4 is 5.32 Å². The van der Waals surface area contributed by atoms with Crippen LogP contribution in [0.25, 0.3) is 0 Å². The minimum Gasteiger partial charge on any atom is -0.341 e. The quantitative estimate of drug-likeness (QED) is 0.886. The van der Waals surface area contributed by atoms with Gasteiger partial charge in [-0.1, -0.05) is 6.07 Å². The summed E-state index contributed by atoms with van der Waals surface area (Å²) in [6, 6.07) is 3.88. The average molecular weight is 372 g/mol. The number of nitrogens with one attached hydrogen (secondary N) is 1. The molecular formula is C16H23Cl2N5O. The van der Waals surface area contributed by atoms with Crippen LogP contribution in [0.15, 0.2) is 36.9 Å². The number of halogens is 2. The second-order valence-electron chi connectivity index (χ2n) is 5.87. The van der Waals surface area contributed by atoms with Gasteiger partial charge in [-0.3, -0.25) is 14.5 Å². The van der Waals surface area contributed by atoms with Gasteiger partial charge in [0.05, 0.1) is 12.1 Å². The van der Waals surface area contributed by atoms with Crippen molar-refractivity contribution in [3.63, 3.8) is 0 Å². The molecule has 1 fully saturated rings. The fourth-order valence-electron chi connectivity index (χ4n) is 3.05. The predicted octanol–water partition coefficient (Wildman–Crippen LogP) is 1.62. The SMILES string of the molecule is CN(Cc1cccnc1)C(=O)[C@H]1CNC[C@@H]1c1cnn(C)c1.Cl.Cl. The molecule has 0 aromatic carbocycles. The molecule has 0 spiro atoms. The van der Waals surface area contributed by atoms with Crippen LogP contribution >= 0.6 is 24.8 Å². The molecule has 0 radical (unpaired) electrons. The van der Waals surface area contributed by atoms with Crippen molar-refractivity contribution < 1.29 is 4.79 Å². The van der Waals surface area contributed by atoms with E-state index in [1.54, 1.807) is 22.0 Å². The monoisotopic (exact) mass is 371 g/mol. The van der Waals surface area contributed by atoms with Gasteiger partial charge in [-0.25, -0.2) is 0 Å². The molecule has 24 heavy (non-hydrogen) atoms.